The Hall–Kier alpha value is -5.97. The van der Waals surface area contributed by atoms with E-state index in [-0.39, 0.29) is 50.4 Å². The van der Waals surface area contributed by atoms with Crippen molar-refractivity contribution in [1.82, 2.24) is 4.57 Å². The number of nitro benzene ring substituents is 1. The lowest BCUT2D eigenvalue weighted by Crippen LogP contribution is -2.60. The molecule has 1 aromatic heterocycles. The van der Waals surface area contributed by atoms with Crippen LogP contribution in [0, 0.1) is 10.1 Å². The van der Waals surface area contributed by atoms with Crippen molar-refractivity contribution in [2.24, 2.45) is 4.99 Å². The summed E-state index contributed by atoms with van der Waals surface area (Å²) in [4.78, 5) is 90.7. The summed E-state index contributed by atoms with van der Waals surface area (Å²) in [5.74, 6) is -5.16. The minimum Gasteiger partial charge on any atom is -0.494 e. The number of nitrogens with zero attached hydrogens (tertiary/aromatic N) is 3. The first-order valence-corrected chi connectivity index (χ1v) is 15.8. The van der Waals surface area contributed by atoms with Crippen molar-refractivity contribution in [3.8, 4) is 5.88 Å². The van der Waals surface area contributed by atoms with Gasteiger partial charge in [-0.2, -0.15) is 0 Å². The number of benzene rings is 2. The molecule has 1 N–H and O–H groups in total. The van der Waals surface area contributed by atoms with Crippen LogP contribution in [0.15, 0.2) is 41.4 Å². The second-order valence-corrected chi connectivity index (χ2v) is 11.8. The molecule has 268 valence electrons. The Morgan fingerprint density at radius 1 is 0.922 bits per heavy atom. The number of hydrogen-bond donors (Lipinski definition) is 1. The minimum absolute atomic E-state index is 0.0858. The summed E-state index contributed by atoms with van der Waals surface area (Å²) in [6.45, 7) is 5.47. The Kier molecular flexibility index (Phi) is 10.3. The molecule has 17 heteroatoms. The molecular weight excluding hydrogens is 674 g/mol. The number of aromatic hydroxyl groups is 1. The summed E-state index contributed by atoms with van der Waals surface area (Å²) in [5.41, 5.74) is -0.558. The van der Waals surface area contributed by atoms with Gasteiger partial charge in [-0.1, -0.05) is 6.92 Å². The first-order valence-electron chi connectivity index (χ1n) is 15.8. The van der Waals surface area contributed by atoms with E-state index in [4.69, 9.17) is 23.7 Å². The number of ether oxygens (including phenoxy) is 5. The molecule has 3 heterocycles. The zero-order valence-electron chi connectivity index (χ0n) is 28.1. The summed E-state index contributed by atoms with van der Waals surface area (Å²) >= 11 is 0. The van der Waals surface area contributed by atoms with Gasteiger partial charge in [-0.05, 0) is 30.7 Å². The Morgan fingerprint density at radius 2 is 1.57 bits per heavy atom. The predicted octanol–water partition coefficient (Wildman–Crippen LogP) is 1.85. The third-order valence-electron chi connectivity index (χ3n) is 8.14. The van der Waals surface area contributed by atoms with Crippen LogP contribution in [0.25, 0.3) is 16.5 Å². The number of carbonyl (C=O) groups is 6. The molecule has 51 heavy (non-hydrogen) atoms. The highest BCUT2D eigenvalue weighted by Crippen LogP contribution is 2.44. The molecule has 5 atom stereocenters. The molecule has 0 spiro atoms. The van der Waals surface area contributed by atoms with Crippen molar-refractivity contribution in [1.29, 1.82) is 0 Å². The molecule has 2 aliphatic rings. The highest BCUT2D eigenvalue weighted by Gasteiger charge is 2.54. The molecule has 5 rings (SSSR count). The van der Waals surface area contributed by atoms with Crippen LogP contribution in [0.5, 0.6) is 5.88 Å². The Labute approximate surface area is 288 Å². The van der Waals surface area contributed by atoms with Crippen LogP contribution in [-0.2, 0) is 47.7 Å². The zero-order valence-corrected chi connectivity index (χ0v) is 28.1. The van der Waals surface area contributed by atoms with E-state index in [1.54, 1.807) is 0 Å². The molecule has 1 saturated heterocycles. The van der Waals surface area contributed by atoms with E-state index >= 15 is 0 Å². The van der Waals surface area contributed by atoms with E-state index in [1.807, 2.05) is 6.92 Å². The SMILES string of the molecule is CCCC(=O)c1ccc2c(c1)=C(c1c(O)n(C3OC(COC(C)=O)C(OC(C)=O)C(OC(C)=O)C3OC(C)=O)c3cc([N+](=O)[O-])ccc13)C(=O)N=2. The second-order valence-electron chi connectivity index (χ2n) is 11.8. The monoisotopic (exact) mass is 707 g/mol. The summed E-state index contributed by atoms with van der Waals surface area (Å²) in [6, 6.07) is 7.99. The van der Waals surface area contributed by atoms with Gasteiger partial charge < -0.3 is 28.8 Å². The third-order valence-corrected chi connectivity index (χ3v) is 8.14. The molecule has 2 aromatic carbocycles. The molecule has 0 radical (unpaired) electrons. The highest BCUT2D eigenvalue weighted by atomic mass is 16.7. The van der Waals surface area contributed by atoms with Crippen molar-refractivity contribution in [3.63, 3.8) is 0 Å². The van der Waals surface area contributed by atoms with Crippen LogP contribution in [0.4, 0.5) is 5.69 Å². The summed E-state index contributed by atoms with van der Waals surface area (Å²) in [6.07, 6.45) is -7.24. The van der Waals surface area contributed by atoms with E-state index in [0.717, 1.165) is 44.4 Å². The topological polar surface area (TPSA) is 229 Å². The van der Waals surface area contributed by atoms with Crippen LogP contribution in [0.3, 0.4) is 0 Å². The fourth-order valence-corrected chi connectivity index (χ4v) is 6.22. The summed E-state index contributed by atoms with van der Waals surface area (Å²) < 4.78 is 28.9. The number of esters is 4. The molecule has 2 aliphatic heterocycles. The first-order chi connectivity index (χ1) is 24.1. The number of non-ortho nitro benzene ring substituents is 1. The molecule has 3 aromatic rings. The smallest absolute Gasteiger partial charge is 0.303 e. The predicted molar refractivity (Wildman–Crippen MR) is 171 cm³/mol. The normalized spacial score (nSPS) is 21.0. The van der Waals surface area contributed by atoms with Crippen molar-refractivity contribution in [2.45, 2.75) is 78.1 Å². The van der Waals surface area contributed by atoms with Crippen molar-refractivity contribution in [3.05, 3.63) is 68.2 Å². The maximum atomic E-state index is 13.6. The van der Waals surface area contributed by atoms with E-state index in [0.29, 0.717) is 6.42 Å². The number of carbonyl (C=O) groups excluding carboxylic acids is 6. The zero-order chi connectivity index (χ0) is 37.3. The van der Waals surface area contributed by atoms with Gasteiger partial charge in [0.1, 0.15) is 12.7 Å². The van der Waals surface area contributed by atoms with Crippen LogP contribution in [0.2, 0.25) is 0 Å². The van der Waals surface area contributed by atoms with Crippen LogP contribution in [0.1, 0.15) is 69.6 Å². The van der Waals surface area contributed by atoms with Gasteiger partial charge in [0.05, 0.1) is 26.9 Å². The largest absolute Gasteiger partial charge is 0.494 e. The molecule has 1 fully saturated rings. The van der Waals surface area contributed by atoms with Gasteiger partial charge in [0.25, 0.3) is 11.6 Å². The number of fused-ring (bicyclic) bond motifs is 2. The van der Waals surface area contributed by atoms with E-state index < -0.39 is 83.5 Å². The number of ketones is 1. The standard InChI is InChI=1S/C34H33N3O14/c1-6-7-25(42)19-8-11-23-22(12-19)27(32(43)35-23)28-21-10-9-20(37(45)46)13-24(21)36(33(28)44)34-31(50-18(5)41)30(49-17(4)40)29(48-16(3)39)26(51-34)14-47-15(2)38/h8-13,26,29-31,34,44H,6-7,14H2,1-5H3. The molecule has 1 amide bonds. The van der Waals surface area contributed by atoms with E-state index in [2.05, 4.69) is 4.99 Å². The molecule has 0 bridgehead atoms. The highest BCUT2D eigenvalue weighted by molar-refractivity contribution is 6.25. The van der Waals surface area contributed by atoms with Crippen LogP contribution >= 0.6 is 0 Å². The minimum atomic E-state index is -1.73. The lowest BCUT2D eigenvalue weighted by atomic mass is 9.97. The van der Waals surface area contributed by atoms with Gasteiger partial charge in [-0.25, -0.2) is 4.99 Å². The van der Waals surface area contributed by atoms with Gasteiger partial charge in [0.2, 0.25) is 5.88 Å². The van der Waals surface area contributed by atoms with Crippen molar-refractivity contribution < 1.29 is 62.5 Å². The second kappa shape index (κ2) is 14.5. The first kappa shape index (κ1) is 36.3. The van der Waals surface area contributed by atoms with Crippen molar-refractivity contribution in [2.75, 3.05) is 6.61 Å². The van der Waals surface area contributed by atoms with E-state index in [1.165, 1.54) is 24.3 Å². The maximum absolute atomic E-state index is 13.6. The average Bonchev–Trinajstić information content (AvgIpc) is 3.51. The van der Waals surface area contributed by atoms with Gasteiger partial charge in [0, 0.05) is 62.4 Å². The van der Waals surface area contributed by atoms with Gasteiger partial charge in [0.15, 0.2) is 30.3 Å². The third kappa shape index (κ3) is 7.19. The number of aromatic nitrogens is 1. The van der Waals surface area contributed by atoms with Gasteiger partial charge in [-0.15, -0.1) is 0 Å². The molecule has 17 nitrogen and oxygen atoms in total. The van der Waals surface area contributed by atoms with Crippen LogP contribution < -0.4 is 10.6 Å². The van der Waals surface area contributed by atoms with Gasteiger partial charge in [-0.3, -0.25) is 43.4 Å². The summed E-state index contributed by atoms with van der Waals surface area (Å²) in [5, 5.41) is 24.6. The van der Waals surface area contributed by atoms with E-state index in [9.17, 15) is 44.0 Å². The Morgan fingerprint density at radius 3 is 2.18 bits per heavy atom. The quantitative estimate of drug-likeness (QED) is 0.0986. The molecule has 5 unspecified atom stereocenters. The fraction of sp³-hybridized carbons (Fsp3) is 0.382. The number of rotatable bonds is 11. The Bertz CT molecular complexity index is 2120. The molecule has 0 saturated carbocycles. The number of amides is 1. The molecular formula is C34H33N3O14. The fourth-order valence-electron chi connectivity index (χ4n) is 6.22. The van der Waals surface area contributed by atoms with Crippen LogP contribution in [-0.4, -0.2) is 81.2 Å². The van der Waals surface area contributed by atoms with Crippen molar-refractivity contribution >= 4 is 57.7 Å². The number of Topliss-reactive ketones (excluding diaryl/α,β-unsaturated/α-hetero) is 1. The number of hydrogen-bond acceptors (Lipinski definition) is 14. The molecule has 0 aliphatic carbocycles. The maximum Gasteiger partial charge on any atom is 0.303 e. The van der Waals surface area contributed by atoms with Gasteiger partial charge >= 0.3 is 23.9 Å². The average molecular weight is 708 g/mol. The summed E-state index contributed by atoms with van der Waals surface area (Å²) in [7, 11) is 0. The lowest BCUT2D eigenvalue weighted by molar-refractivity contribution is -0.384. The number of nitro groups is 1. The Balaban J connectivity index is 1.84. The lowest BCUT2D eigenvalue weighted by Gasteiger charge is -2.45.